The average Bonchev–Trinajstić information content (AvgIpc) is 2.52. The van der Waals surface area contributed by atoms with E-state index in [0.717, 1.165) is 50.6 Å². The maximum absolute atomic E-state index is 14.4. The molecule has 2 nitrogen and oxygen atoms in total. The summed E-state index contributed by atoms with van der Waals surface area (Å²) in [4.78, 5) is 1.99. The smallest absolute Gasteiger partial charge is 0.314 e. The summed E-state index contributed by atoms with van der Waals surface area (Å²) < 4.78 is 54.4. The molecule has 2 rings (SSSR count). The molecule has 1 aromatic carbocycles. The predicted octanol–water partition coefficient (Wildman–Crippen LogP) is 4.79. The molecule has 1 aromatic rings. The largest absolute Gasteiger partial charge is 0.416 e. The van der Waals surface area contributed by atoms with Crippen molar-refractivity contribution in [3.63, 3.8) is 0 Å². The molecule has 1 aliphatic rings. The lowest BCUT2D eigenvalue weighted by molar-refractivity contribution is -0.139. The fraction of sp³-hybridized carbons (Fsp3) is 0.647. The van der Waals surface area contributed by atoms with Gasteiger partial charge in [0.05, 0.1) is 5.56 Å². The standard InChI is InChI=1S/C17H24F4N2.ClH/c1-2-3-4-8-15(23-11-9-22-10-12-23)16-13(17(19,20)21)6-5-7-14(16)18;/h5-7,15,22H,2-4,8-12H2,1H3;1H/t15-;/m0./s1. The van der Waals surface area contributed by atoms with Crippen LogP contribution >= 0.6 is 12.4 Å². The van der Waals surface area contributed by atoms with Crippen LogP contribution < -0.4 is 5.32 Å². The van der Waals surface area contributed by atoms with Crippen LogP contribution in [0.1, 0.15) is 49.8 Å². The first-order valence-electron chi connectivity index (χ1n) is 8.25. The molecule has 1 heterocycles. The molecule has 1 saturated heterocycles. The fourth-order valence-corrected chi connectivity index (χ4v) is 3.21. The monoisotopic (exact) mass is 368 g/mol. The quantitative estimate of drug-likeness (QED) is 0.573. The fourth-order valence-electron chi connectivity index (χ4n) is 3.21. The van der Waals surface area contributed by atoms with Crippen LogP contribution in [0.25, 0.3) is 0 Å². The number of rotatable bonds is 6. The van der Waals surface area contributed by atoms with Crippen molar-refractivity contribution in [3.05, 3.63) is 35.1 Å². The number of nitrogens with one attached hydrogen (secondary N) is 1. The SMILES string of the molecule is CCCCC[C@@H](c1c(F)cccc1C(F)(F)F)N1CCNCC1.Cl. The molecule has 1 N–H and O–H groups in total. The Morgan fingerprint density at radius 2 is 1.83 bits per heavy atom. The van der Waals surface area contributed by atoms with Crippen molar-refractivity contribution < 1.29 is 17.6 Å². The minimum Gasteiger partial charge on any atom is -0.314 e. The van der Waals surface area contributed by atoms with Gasteiger partial charge < -0.3 is 5.32 Å². The van der Waals surface area contributed by atoms with Crippen LogP contribution in [0.15, 0.2) is 18.2 Å². The van der Waals surface area contributed by atoms with E-state index in [4.69, 9.17) is 0 Å². The highest BCUT2D eigenvalue weighted by Gasteiger charge is 2.38. The number of hydrogen-bond acceptors (Lipinski definition) is 2. The minimum atomic E-state index is -4.53. The summed E-state index contributed by atoms with van der Waals surface area (Å²) in [6.45, 7) is 4.77. The molecule has 0 aliphatic carbocycles. The molecule has 138 valence electrons. The summed E-state index contributed by atoms with van der Waals surface area (Å²) >= 11 is 0. The normalized spacial score (nSPS) is 17.4. The van der Waals surface area contributed by atoms with Crippen LogP contribution in [-0.2, 0) is 6.18 Å². The zero-order chi connectivity index (χ0) is 16.9. The molecule has 1 aliphatic heterocycles. The highest BCUT2D eigenvalue weighted by molar-refractivity contribution is 5.85. The van der Waals surface area contributed by atoms with Gasteiger partial charge in [-0.2, -0.15) is 13.2 Å². The molecule has 0 spiro atoms. The molecule has 0 unspecified atom stereocenters. The second-order valence-corrected chi connectivity index (χ2v) is 6.00. The number of alkyl halides is 3. The van der Waals surface area contributed by atoms with Crippen molar-refractivity contribution in [3.8, 4) is 0 Å². The molecular formula is C17H25ClF4N2. The Balaban J connectivity index is 0.00000288. The number of benzene rings is 1. The summed E-state index contributed by atoms with van der Waals surface area (Å²) in [7, 11) is 0. The van der Waals surface area contributed by atoms with Crippen molar-refractivity contribution >= 4 is 12.4 Å². The third-order valence-corrected chi connectivity index (χ3v) is 4.37. The highest BCUT2D eigenvalue weighted by Crippen LogP contribution is 2.39. The van der Waals surface area contributed by atoms with Gasteiger partial charge in [0.25, 0.3) is 0 Å². The number of nitrogens with zero attached hydrogens (tertiary/aromatic N) is 1. The van der Waals surface area contributed by atoms with E-state index < -0.39 is 23.6 Å². The Morgan fingerprint density at radius 1 is 1.17 bits per heavy atom. The summed E-state index contributed by atoms with van der Waals surface area (Å²) in [5.74, 6) is -0.750. The summed E-state index contributed by atoms with van der Waals surface area (Å²) in [5.41, 5.74) is -1.02. The van der Waals surface area contributed by atoms with Crippen molar-refractivity contribution in [2.45, 2.75) is 44.8 Å². The molecule has 0 radical (unpaired) electrons. The highest BCUT2D eigenvalue weighted by atomic mass is 35.5. The number of piperazine rings is 1. The molecule has 1 atom stereocenters. The zero-order valence-corrected chi connectivity index (χ0v) is 14.7. The lowest BCUT2D eigenvalue weighted by atomic mass is 9.93. The van der Waals surface area contributed by atoms with Gasteiger partial charge in [-0.05, 0) is 18.6 Å². The lowest BCUT2D eigenvalue weighted by Crippen LogP contribution is -2.45. The second-order valence-electron chi connectivity index (χ2n) is 6.00. The van der Waals surface area contributed by atoms with E-state index in [0.29, 0.717) is 19.5 Å². The Kier molecular flexibility index (Phi) is 8.46. The maximum Gasteiger partial charge on any atom is 0.416 e. The molecule has 1 fully saturated rings. The minimum absolute atomic E-state index is 0. The Bertz CT molecular complexity index is 502. The van der Waals surface area contributed by atoms with Gasteiger partial charge in [-0.15, -0.1) is 12.4 Å². The molecule has 0 saturated carbocycles. The van der Waals surface area contributed by atoms with Crippen molar-refractivity contribution in [1.82, 2.24) is 10.2 Å². The van der Waals surface area contributed by atoms with Gasteiger partial charge in [0, 0.05) is 37.8 Å². The molecule has 7 heteroatoms. The molecule has 0 amide bonds. The zero-order valence-electron chi connectivity index (χ0n) is 13.8. The van der Waals surface area contributed by atoms with Crippen LogP contribution in [-0.4, -0.2) is 31.1 Å². The Morgan fingerprint density at radius 3 is 2.42 bits per heavy atom. The third kappa shape index (κ3) is 5.33. The van der Waals surface area contributed by atoms with Crippen molar-refractivity contribution in [2.75, 3.05) is 26.2 Å². The van der Waals surface area contributed by atoms with Gasteiger partial charge in [0.1, 0.15) is 5.82 Å². The molecule has 0 aromatic heterocycles. The first-order valence-corrected chi connectivity index (χ1v) is 8.25. The van der Waals surface area contributed by atoms with Crippen LogP contribution in [0, 0.1) is 5.82 Å². The van der Waals surface area contributed by atoms with Crippen LogP contribution in [0.3, 0.4) is 0 Å². The number of halogens is 5. The molecule has 0 bridgehead atoms. The van der Waals surface area contributed by atoms with E-state index in [1.807, 2.05) is 11.8 Å². The van der Waals surface area contributed by atoms with E-state index in [1.54, 1.807) is 0 Å². The first-order chi connectivity index (χ1) is 10.9. The van der Waals surface area contributed by atoms with Crippen molar-refractivity contribution in [2.24, 2.45) is 0 Å². The van der Waals surface area contributed by atoms with E-state index in [9.17, 15) is 17.6 Å². The van der Waals surface area contributed by atoms with Gasteiger partial charge in [-0.1, -0.05) is 32.3 Å². The maximum atomic E-state index is 14.4. The van der Waals surface area contributed by atoms with Crippen molar-refractivity contribution in [1.29, 1.82) is 0 Å². The summed E-state index contributed by atoms with van der Waals surface area (Å²) in [6.07, 6.45) is -1.25. The number of unbranched alkanes of at least 4 members (excludes halogenated alkanes) is 2. The molecular weight excluding hydrogens is 344 g/mol. The van der Waals surface area contributed by atoms with Gasteiger partial charge in [0.15, 0.2) is 0 Å². The van der Waals surface area contributed by atoms with Gasteiger partial charge in [-0.25, -0.2) is 4.39 Å². The second kappa shape index (κ2) is 9.59. The van der Waals surface area contributed by atoms with Crippen LogP contribution in [0.2, 0.25) is 0 Å². The van der Waals surface area contributed by atoms with Gasteiger partial charge in [0.2, 0.25) is 0 Å². The van der Waals surface area contributed by atoms with E-state index >= 15 is 0 Å². The topological polar surface area (TPSA) is 15.3 Å². The summed E-state index contributed by atoms with van der Waals surface area (Å²) in [5, 5.41) is 3.19. The molecule has 24 heavy (non-hydrogen) atoms. The van der Waals surface area contributed by atoms with Gasteiger partial charge >= 0.3 is 6.18 Å². The summed E-state index contributed by atoms with van der Waals surface area (Å²) in [6, 6.07) is 2.76. The van der Waals surface area contributed by atoms with E-state index in [1.165, 1.54) is 0 Å². The van der Waals surface area contributed by atoms with Crippen LogP contribution in [0.4, 0.5) is 17.6 Å². The first kappa shape index (κ1) is 21.2. The Labute approximate surface area is 147 Å². The van der Waals surface area contributed by atoms with Gasteiger partial charge in [-0.3, -0.25) is 4.90 Å². The number of hydrogen-bond donors (Lipinski definition) is 1. The third-order valence-electron chi connectivity index (χ3n) is 4.37. The van der Waals surface area contributed by atoms with E-state index in [-0.39, 0.29) is 18.0 Å². The predicted molar refractivity (Wildman–Crippen MR) is 90.0 cm³/mol. The Hall–Kier alpha value is -0.850. The van der Waals surface area contributed by atoms with Crippen LogP contribution in [0.5, 0.6) is 0 Å². The average molecular weight is 369 g/mol. The lowest BCUT2D eigenvalue weighted by Gasteiger charge is -2.36. The van der Waals surface area contributed by atoms with E-state index in [2.05, 4.69) is 5.32 Å².